The summed E-state index contributed by atoms with van der Waals surface area (Å²) in [6, 6.07) is 5.01. The lowest BCUT2D eigenvalue weighted by molar-refractivity contribution is 0.318. The average Bonchev–Trinajstić information content (AvgIpc) is 2.37. The zero-order valence-electron chi connectivity index (χ0n) is 10.5. The molecule has 1 saturated heterocycles. The van der Waals surface area contributed by atoms with Crippen molar-refractivity contribution in [1.82, 2.24) is 4.98 Å². The molecular weight excluding hydrogens is 268 g/mol. The van der Waals surface area contributed by atoms with E-state index in [4.69, 9.17) is 10.9 Å². The molecule has 1 unspecified atom stereocenters. The Morgan fingerprint density at radius 1 is 1.58 bits per heavy atom. The molecule has 8 heteroatoms. The summed E-state index contributed by atoms with van der Waals surface area (Å²) in [5, 5.41) is 11.5. The molecule has 1 fully saturated rings. The van der Waals surface area contributed by atoms with Crippen LogP contribution in [-0.2, 0) is 9.84 Å². The van der Waals surface area contributed by atoms with Gasteiger partial charge in [-0.1, -0.05) is 11.2 Å². The van der Waals surface area contributed by atoms with Gasteiger partial charge in [0.15, 0.2) is 15.7 Å². The summed E-state index contributed by atoms with van der Waals surface area (Å²) in [6.45, 7) is 2.24. The predicted octanol–water partition coefficient (Wildman–Crippen LogP) is -0.201. The van der Waals surface area contributed by atoms with Gasteiger partial charge < -0.3 is 15.8 Å². The van der Waals surface area contributed by atoms with Crippen molar-refractivity contribution in [2.24, 2.45) is 10.9 Å². The van der Waals surface area contributed by atoms with E-state index in [2.05, 4.69) is 10.1 Å². The molecular formula is C11H16N4O3S. The molecule has 0 aromatic carbocycles. The summed E-state index contributed by atoms with van der Waals surface area (Å²) in [5.41, 5.74) is 5.86. The Morgan fingerprint density at radius 2 is 2.32 bits per heavy atom. The van der Waals surface area contributed by atoms with Crippen LogP contribution in [0.3, 0.4) is 0 Å². The number of oxime groups is 1. The van der Waals surface area contributed by atoms with Crippen molar-refractivity contribution in [3.8, 4) is 0 Å². The molecule has 3 N–H and O–H groups in total. The first-order valence-corrected chi connectivity index (χ1v) is 7.67. The second kappa shape index (κ2) is 5.04. The highest BCUT2D eigenvalue weighted by Crippen LogP contribution is 2.19. The molecule has 1 aliphatic rings. The third-order valence-electron chi connectivity index (χ3n) is 3.07. The van der Waals surface area contributed by atoms with Gasteiger partial charge in [-0.3, -0.25) is 0 Å². The molecule has 1 aromatic heterocycles. The molecule has 19 heavy (non-hydrogen) atoms. The molecule has 2 rings (SSSR count). The number of rotatable bonds is 2. The summed E-state index contributed by atoms with van der Waals surface area (Å²) in [7, 11) is -2.96. The van der Waals surface area contributed by atoms with Gasteiger partial charge in [-0.15, -0.1) is 0 Å². The number of hydrogen-bond donors (Lipinski definition) is 2. The normalized spacial score (nSPS) is 23.3. The first-order valence-electron chi connectivity index (χ1n) is 5.85. The SMILES string of the molecule is CC1CS(=O)(=O)CCN1c1cccc(/C(N)=N/O)n1. The van der Waals surface area contributed by atoms with Gasteiger partial charge in [-0.25, -0.2) is 13.4 Å². The van der Waals surface area contributed by atoms with Crippen molar-refractivity contribution in [3.63, 3.8) is 0 Å². The first kappa shape index (κ1) is 13.6. The van der Waals surface area contributed by atoms with Crippen LogP contribution in [-0.4, -0.2) is 48.5 Å². The number of pyridine rings is 1. The van der Waals surface area contributed by atoms with Crippen molar-refractivity contribution < 1.29 is 13.6 Å². The summed E-state index contributed by atoms with van der Waals surface area (Å²) in [6.07, 6.45) is 0. The Hall–Kier alpha value is -1.83. The Balaban J connectivity index is 2.28. The van der Waals surface area contributed by atoms with Crippen molar-refractivity contribution in [3.05, 3.63) is 23.9 Å². The Kier molecular flexibility index (Phi) is 3.61. The quantitative estimate of drug-likeness (QED) is 0.337. The van der Waals surface area contributed by atoms with Crippen molar-refractivity contribution in [1.29, 1.82) is 0 Å². The summed E-state index contributed by atoms with van der Waals surface area (Å²) >= 11 is 0. The molecule has 1 aromatic rings. The van der Waals surface area contributed by atoms with Crippen LogP contribution in [0.15, 0.2) is 23.4 Å². The summed E-state index contributed by atoms with van der Waals surface area (Å²) in [5.74, 6) is 0.792. The van der Waals surface area contributed by atoms with E-state index in [-0.39, 0.29) is 23.4 Å². The fourth-order valence-corrected chi connectivity index (χ4v) is 3.67. The standard InChI is InChI=1S/C11H16N4O3S/c1-8-7-19(17,18)6-5-15(8)10-4-2-3-9(13-10)11(12)14-16/h2-4,8,16H,5-7H2,1H3,(H2,12,14). The maximum Gasteiger partial charge on any atom is 0.188 e. The monoisotopic (exact) mass is 284 g/mol. The van der Waals surface area contributed by atoms with Crippen LogP contribution in [0.5, 0.6) is 0 Å². The second-order valence-corrected chi connectivity index (χ2v) is 6.75. The van der Waals surface area contributed by atoms with E-state index in [1.807, 2.05) is 11.8 Å². The van der Waals surface area contributed by atoms with E-state index in [1.54, 1.807) is 18.2 Å². The molecule has 1 aliphatic heterocycles. The van der Waals surface area contributed by atoms with Gasteiger partial charge in [0, 0.05) is 12.6 Å². The van der Waals surface area contributed by atoms with Gasteiger partial charge in [0.05, 0.1) is 11.5 Å². The van der Waals surface area contributed by atoms with E-state index in [1.165, 1.54) is 0 Å². The zero-order chi connectivity index (χ0) is 14.0. The van der Waals surface area contributed by atoms with Crippen molar-refractivity contribution in [2.75, 3.05) is 23.0 Å². The molecule has 2 heterocycles. The topological polar surface area (TPSA) is 109 Å². The molecule has 0 amide bonds. The highest BCUT2D eigenvalue weighted by Gasteiger charge is 2.28. The van der Waals surface area contributed by atoms with E-state index in [0.29, 0.717) is 18.1 Å². The zero-order valence-corrected chi connectivity index (χ0v) is 11.3. The number of hydrogen-bond acceptors (Lipinski definition) is 6. The third kappa shape index (κ3) is 2.95. The first-order chi connectivity index (χ1) is 8.93. The molecule has 0 bridgehead atoms. The number of amidine groups is 1. The summed E-state index contributed by atoms with van der Waals surface area (Å²) in [4.78, 5) is 6.19. The van der Waals surface area contributed by atoms with E-state index in [9.17, 15) is 8.42 Å². The lowest BCUT2D eigenvalue weighted by Gasteiger charge is -2.34. The third-order valence-corrected chi connectivity index (χ3v) is 4.86. The Labute approximate surface area is 111 Å². The summed E-state index contributed by atoms with van der Waals surface area (Å²) < 4.78 is 23.1. The van der Waals surface area contributed by atoms with Crippen molar-refractivity contribution in [2.45, 2.75) is 13.0 Å². The van der Waals surface area contributed by atoms with Crippen LogP contribution in [0.25, 0.3) is 0 Å². The largest absolute Gasteiger partial charge is 0.409 e. The fraction of sp³-hybridized carbons (Fsp3) is 0.455. The van der Waals surface area contributed by atoms with Gasteiger partial charge in [-0.05, 0) is 19.1 Å². The van der Waals surface area contributed by atoms with Crippen LogP contribution in [0.2, 0.25) is 0 Å². The lowest BCUT2D eigenvalue weighted by Crippen LogP contribution is -2.47. The molecule has 104 valence electrons. The molecule has 1 atom stereocenters. The predicted molar refractivity (Wildman–Crippen MR) is 72.2 cm³/mol. The van der Waals surface area contributed by atoms with Crippen LogP contribution in [0, 0.1) is 0 Å². The van der Waals surface area contributed by atoms with E-state index < -0.39 is 9.84 Å². The Morgan fingerprint density at radius 3 is 2.95 bits per heavy atom. The van der Waals surface area contributed by atoms with Crippen molar-refractivity contribution >= 4 is 21.5 Å². The van der Waals surface area contributed by atoms with Gasteiger partial charge in [0.1, 0.15) is 11.5 Å². The molecule has 0 radical (unpaired) electrons. The lowest BCUT2D eigenvalue weighted by atomic mass is 10.2. The Bertz CT molecular complexity index is 600. The second-order valence-electron chi connectivity index (χ2n) is 4.52. The van der Waals surface area contributed by atoms with Gasteiger partial charge in [0.2, 0.25) is 0 Å². The smallest absolute Gasteiger partial charge is 0.188 e. The van der Waals surface area contributed by atoms with Crippen LogP contribution in [0.1, 0.15) is 12.6 Å². The molecule has 0 aliphatic carbocycles. The van der Waals surface area contributed by atoms with E-state index in [0.717, 1.165) is 0 Å². The number of anilines is 1. The van der Waals surface area contributed by atoms with Gasteiger partial charge >= 0.3 is 0 Å². The molecule has 0 spiro atoms. The number of nitrogens with zero attached hydrogens (tertiary/aromatic N) is 3. The van der Waals surface area contributed by atoms with Gasteiger partial charge in [-0.2, -0.15) is 0 Å². The number of sulfone groups is 1. The fourth-order valence-electron chi connectivity index (χ4n) is 2.12. The van der Waals surface area contributed by atoms with Crippen LogP contribution in [0.4, 0.5) is 5.82 Å². The number of aromatic nitrogens is 1. The minimum Gasteiger partial charge on any atom is -0.409 e. The molecule has 7 nitrogen and oxygen atoms in total. The highest BCUT2D eigenvalue weighted by molar-refractivity contribution is 7.91. The highest BCUT2D eigenvalue weighted by atomic mass is 32.2. The maximum atomic E-state index is 11.5. The van der Waals surface area contributed by atoms with Crippen LogP contribution < -0.4 is 10.6 Å². The maximum absolute atomic E-state index is 11.5. The minimum absolute atomic E-state index is 0.0702. The van der Waals surface area contributed by atoms with Gasteiger partial charge in [0.25, 0.3) is 0 Å². The van der Waals surface area contributed by atoms with E-state index >= 15 is 0 Å². The molecule has 0 saturated carbocycles. The van der Waals surface area contributed by atoms with Crippen LogP contribution >= 0.6 is 0 Å². The average molecular weight is 284 g/mol. The number of nitrogens with two attached hydrogens (primary N) is 1. The minimum atomic E-state index is -2.96.